The van der Waals surface area contributed by atoms with E-state index < -0.39 is 53.7 Å². The molecule has 4 atom stereocenters. The summed E-state index contributed by atoms with van der Waals surface area (Å²) in [6.45, 7) is 5.54. The van der Waals surface area contributed by atoms with Crippen molar-refractivity contribution in [3.8, 4) is 28.5 Å². The number of allylic oxidation sites excluding steroid dienone is 1. The maximum atomic E-state index is 14.7. The first-order chi connectivity index (χ1) is 26.9. The summed E-state index contributed by atoms with van der Waals surface area (Å²) in [4.78, 5) is 60.6. The molecule has 3 N–H and O–H groups in total. The number of alkyl carbamates (subject to hydrolysis) is 1. The van der Waals surface area contributed by atoms with Crippen LogP contribution in [0.15, 0.2) is 91.0 Å². The van der Waals surface area contributed by atoms with Crippen LogP contribution in [-0.4, -0.2) is 89.0 Å². The smallest absolute Gasteiger partial charge is 0.408 e. The number of amides is 3. The summed E-state index contributed by atoms with van der Waals surface area (Å²) < 4.78 is 23.7. The summed E-state index contributed by atoms with van der Waals surface area (Å²) >= 11 is 0. The zero-order chi connectivity index (χ0) is 39.8. The number of nitrogens with one attached hydrogen (secondary N) is 2. The molecule has 3 heterocycles. The summed E-state index contributed by atoms with van der Waals surface area (Å²) in [7, 11) is 1.58. The van der Waals surface area contributed by atoms with E-state index in [2.05, 4.69) is 10.6 Å². The highest BCUT2D eigenvalue weighted by Gasteiger charge is 2.44. The van der Waals surface area contributed by atoms with Crippen LogP contribution in [0.25, 0.3) is 22.2 Å². The summed E-state index contributed by atoms with van der Waals surface area (Å²) in [6, 6.07) is 20.6. The van der Waals surface area contributed by atoms with E-state index in [-0.39, 0.29) is 25.8 Å². The summed E-state index contributed by atoms with van der Waals surface area (Å²) in [5.74, 6) is -0.719. The van der Waals surface area contributed by atoms with Crippen LogP contribution in [-0.2, 0) is 25.5 Å². The van der Waals surface area contributed by atoms with E-state index in [0.29, 0.717) is 58.9 Å². The third-order valence-electron chi connectivity index (χ3n) is 9.45. The number of methoxy groups -OCH3 is 1. The van der Waals surface area contributed by atoms with Gasteiger partial charge in [0.1, 0.15) is 47.1 Å². The Kier molecular flexibility index (Phi) is 12.4. The topological polar surface area (TPSA) is 166 Å². The van der Waals surface area contributed by atoms with E-state index in [0.717, 1.165) is 5.56 Å². The molecule has 3 amide bonds. The van der Waals surface area contributed by atoms with Crippen molar-refractivity contribution in [3.63, 3.8) is 0 Å². The Morgan fingerprint density at radius 2 is 1.80 bits per heavy atom. The Morgan fingerprint density at radius 1 is 1.00 bits per heavy atom. The van der Waals surface area contributed by atoms with Gasteiger partial charge in [0, 0.05) is 35.9 Å². The first kappa shape index (κ1) is 39.6. The minimum atomic E-state index is -1.24. The van der Waals surface area contributed by atoms with Crippen LogP contribution in [0.4, 0.5) is 4.79 Å². The Hall–Kier alpha value is -6.11. The van der Waals surface area contributed by atoms with Gasteiger partial charge in [-0.1, -0.05) is 54.6 Å². The number of carboxylic acid groups (broad SMARTS) is 1. The molecule has 0 spiro atoms. The Balaban J connectivity index is 1.38. The van der Waals surface area contributed by atoms with Crippen molar-refractivity contribution < 1.29 is 43.2 Å². The van der Waals surface area contributed by atoms with Gasteiger partial charge >= 0.3 is 12.1 Å². The SMILES string of the molecule is COc1ccc2c(O[C@@H]3C[C@H]4C(=O)N[C@@H](C(=O)O)C/C=C/CCCOc5cccc(c5)C[C@@H](NC(=O)OC(C)(C)C)C(=O)N4C3)cc(-c3ccccc3)nc2c1. The molecule has 0 unspecified atom stereocenters. The average Bonchev–Trinajstić information content (AvgIpc) is 3.59. The zero-order valence-corrected chi connectivity index (χ0v) is 32.0. The lowest BCUT2D eigenvalue weighted by Crippen LogP contribution is -2.56. The number of rotatable bonds is 6. The van der Waals surface area contributed by atoms with Crippen molar-refractivity contribution in [2.24, 2.45) is 0 Å². The number of carbonyl (C=O) groups excluding carboxylic acids is 3. The minimum Gasteiger partial charge on any atom is -0.497 e. The number of hydrogen-bond acceptors (Lipinski definition) is 9. The van der Waals surface area contributed by atoms with Crippen molar-refractivity contribution in [1.82, 2.24) is 20.5 Å². The predicted molar refractivity (Wildman–Crippen MR) is 210 cm³/mol. The number of carboxylic acids is 1. The number of fused-ring (bicyclic) bond motifs is 4. The average molecular weight is 765 g/mol. The van der Waals surface area contributed by atoms with Gasteiger partial charge in [0.15, 0.2) is 0 Å². The molecule has 56 heavy (non-hydrogen) atoms. The van der Waals surface area contributed by atoms with Crippen LogP contribution in [0.5, 0.6) is 17.2 Å². The maximum Gasteiger partial charge on any atom is 0.408 e. The van der Waals surface area contributed by atoms with E-state index in [1.54, 1.807) is 40.0 Å². The standard InChI is InChI=1S/C43H48N4O9/c1-43(2,3)56-42(52)46-36-22-27-13-12-16-30(21-27)54-20-11-6-5-10-17-33(41(50)51)45-39(48)37-24-31(26-47(37)40(36)49)55-38-25-34(28-14-8-7-9-15-28)44-35-23-29(53-4)18-19-32(35)38/h5,7-10,12-16,18-19,21,23,25,31,33,36-37H,6,11,17,20,22,24,26H2,1-4H3,(H,45,48)(H,46,52)(H,50,51)/b10-5+/t31-,33-,36-,37+/m1/s1. The number of aliphatic carboxylic acids is 1. The van der Waals surface area contributed by atoms with Crippen molar-refractivity contribution in [3.05, 3.63) is 96.6 Å². The lowest BCUT2D eigenvalue weighted by atomic mass is 10.0. The molecular formula is C43H48N4O9. The summed E-state index contributed by atoms with van der Waals surface area (Å²) in [6.07, 6.45) is 3.55. The maximum absolute atomic E-state index is 14.7. The second-order valence-electron chi connectivity index (χ2n) is 14.9. The van der Waals surface area contributed by atoms with E-state index in [1.165, 1.54) is 4.90 Å². The number of carbonyl (C=O) groups is 4. The molecule has 4 aromatic rings. The summed E-state index contributed by atoms with van der Waals surface area (Å²) in [5, 5.41) is 16.2. The number of benzene rings is 3. The quantitative estimate of drug-likeness (QED) is 0.196. The number of ether oxygens (including phenoxy) is 4. The molecule has 0 aliphatic carbocycles. The fourth-order valence-corrected chi connectivity index (χ4v) is 6.79. The summed E-state index contributed by atoms with van der Waals surface area (Å²) in [5.41, 5.74) is 1.99. The largest absolute Gasteiger partial charge is 0.497 e. The highest BCUT2D eigenvalue weighted by Crippen LogP contribution is 2.35. The van der Waals surface area contributed by atoms with Crippen LogP contribution < -0.4 is 24.8 Å². The number of pyridine rings is 1. The molecule has 1 saturated heterocycles. The fourth-order valence-electron chi connectivity index (χ4n) is 6.79. The lowest BCUT2D eigenvalue weighted by molar-refractivity contribution is -0.144. The number of hydrogen-bond donors (Lipinski definition) is 3. The van der Waals surface area contributed by atoms with E-state index in [9.17, 15) is 24.3 Å². The van der Waals surface area contributed by atoms with Gasteiger partial charge in [0.25, 0.3) is 0 Å². The van der Waals surface area contributed by atoms with Gasteiger partial charge in [-0.3, -0.25) is 9.59 Å². The molecule has 1 fully saturated rings. The molecule has 1 aromatic heterocycles. The van der Waals surface area contributed by atoms with Crippen molar-refractivity contribution in [1.29, 1.82) is 0 Å². The van der Waals surface area contributed by atoms with Gasteiger partial charge in [-0.05, 0) is 69.9 Å². The molecule has 13 nitrogen and oxygen atoms in total. The molecule has 3 aromatic carbocycles. The van der Waals surface area contributed by atoms with Gasteiger partial charge in [0.2, 0.25) is 11.8 Å². The van der Waals surface area contributed by atoms with Gasteiger partial charge < -0.3 is 39.6 Å². The van der Waals surface area contributed by atoms with Gasteiger partial charge in [0.05, 0.1) is 31.5 Å². The molecule has 2 aliphatic rings. The Labute approximate surface area is 326 Å². The molecule has 0 saturated carbocycles. The third-order valence-corrected chi connectivity index (χ3v) is 9.45. The molecule has 294 valence electrons. The highest BCUT2D eigenvalue weighted by atomic mass is 16.6. The highest BCUT2D eigenvalue weighted by molar-refractivity contribution is 5.94. The first-order valence-corrected chi connectivity index (χ1v) is 18.8. The second kappa shape index (κ2) is 17.6. The van der Waals surface area contributed by atoms with Crippen LogP contribution in [0.2, 0.25) is 0 Å². The third kappa shape index (κ3) is 10.1. The van der Waals surface area contributed by atoms with E-state index in [4.69, 9.17) is 23.9 Å². The normalized spacial score (nSPS) is 21.4. The fraction of sp³-hybridized carbons (Fsp3) is 0.372. The first-order valence-electron chi connectivity index (χ1n) is 18.8. The zero-order valence-electron chi connectivity index (χ0n) is 32.0. The Morgan fingerprint density at radius 3 is 2.55 bits per heavy atom. The molecule has 6 rings (SSSR count). The van der Waals surface area contributed by atoms with Crippen LogP contribution >= 0.6 is 0 Å². The molecule has 13 heteroatoms. The monoisotopic (exact) mass is 764 g/mol. The van der Waals surface area contributed by atoms with Crippen molar-refractivity contribution in [2.45, 2.75) is 82.7 Å². The van der Waals surface area contributed by atoms with Crippen LogP contribution in [0.1, 0.15) is 52.0 Å². The number of aromatic nitrogens is 1. The minimum absolute atomic E-state index is 0.0369. The van der Waals surface area contributed by atoms with Gasteiger partial charge in [-0.25, -0.2) is 14.6 Å². The van der Waals surface area contributed by atoms with Crippen LogP contribution in [0, 0.1) is 0 Å². The predicted octanol–water partition coefficient (Wildman–Crippen LogP) is 6.08. The Bertz CT molecular complexity index is 2080. The molecule has 0 radical (unpaired) electrons. The van der Waals surface area contributed by atoms with E-state index >= 15 is 0 Å². The van der Waals surface area contributed by atoms with Gasteiger partial charge in [-0.15, -0.1) is 0 Å². The molecule has 2 bridgehead atoms. The molecular weight excluding hydrogens is 716 g/mol. The van der Waals surface area contributed by atoms with Crippen LogP contribution in [0.3, 0.4) is 0 Å². The number of nitrogens with zero attached hydrogens (tertiary/aromatic N) is 2. The van der Waals surface area contributed by atoms with E-state index in [1.807, 2.05) is 78.9 Å². The van der Waals surface area contributed by atoms with Crippen molar-refractivity contribution >= 4 is 34.8 Å². The van der Waals surface area contributed by atoms with Crippen molar-refractivity contribution in [2.75, 3.05) is 20.3 Å². The lowest BCUT2D eigenvalue weighted by Gasteiger charge is -2.30. The molecule has 2 aliphatic heterocycles. The van der Waals surface area contributed by atoms with Gasteiger partial charge in [-0.2, -0.15) is 0 Å². The second-order valence-corrected chi connectivity index (χ2v) is 14.9.